The molecule has 0 atom stereocenters. The van der Waals surface area contributed by atoms with E-state index in [1.807, 2.05) is 0 Å². The SMILES string of the molecule is O=P([O-])([O-])[O-].[Cd+2].[H+].[H+]. The standard InChI is InChI=1S/Cd.H3O4P/c;1-5(2,3)4/h;(H3,1,2,3,4)/q+2;/p-1. The largest absolute Gasteiger partial charge is 2.00 e. The Morgan fingerprint density at radius 3 is 1.33 bits per heavy atom. The Kier molecular flexibility index (Phi) is 5.20. The van der Waals surface area contributed by atoms with Crippen LogP contribution in [0.25, 0.3) is 0 Å². The van der Waals surface area contributed by atoms with Crippen LogP contribution in [0.1, 0.15) is 2.85 Å². The third-order valence-electron chi connectivity index (χ3n) is 0. The zero-order valence-electron chi connectivity index (χ0n) is 4.79. The first-order chi connectivity index (χ1) is 2.00. The average Bonchev–Trinajstić information content (AvgIpc) is 0.722. The Morgan fingerprint density at radius 1 is 1.33 bits per heavy atom. The van der Waals surface area contributed by atoms with E-state index in [9.17, 15) is 0 Å². The smallest absolute Gasteiger partial charge is 0.822 e. The van der Waals surface area contributed by atoms with Crippen molar-refractivity contribution in [2.75, 3.05) is 0 Å². The zero-order chi connectivity index (χ0) is 4.50. The quantitative estimate of drug-likeness (QED) is 0.323. The summed E-state index contributed by atoms with van der Waals surface area (Å²) < 4.78 is 8.55. The van der Waals surface area contributed by atoms with Gasteiger partial charge in [-0.2, -0.15) is 7.82 Å². The Bertz CT molecular complexity index is 60.2. The van der Waals surface area contributed by atoms with Crippen LogP contribution in [-0.2, 0) is 31.9 Å². The van der Waals surface area contributed by atoms with Crippen molar-refractivity contribution < 1.29 is 49.4 Å². The summed E-state index contributed by atoms with van der Waals surface area (Å²) in [5, 5.41) is 0. The van der Waals surface area contributed by atoms with Crippen LogP contribution in [0.15, 0.2) is 0 Å². The average molecular weight is 209 g/mol. The van der Waals surface area contributed by atoms with Gasteiger partial charge >= 0.3 is 30.2 Å². The molecular weight excluding hydrogens is 207 g/mol. The molecule has 0 fully saturated rings. The van der Waals surface area contributed by atoms with Crippen LogP contribution < -0.4 is 14.7 Å². The van der Waals surface area contributed by atoms with Crippen LogP contribution in [0.3, 0.4) is 0 Å². The second-order valence-corrected chi connectivity index (χ2v) is 1.34. The van der Waals surface area contributed by atoms with Crippen molar-refractivity contribution in [3.63, 3.8) is 0 Å². The first-order valence-electron chi connectivity index (χ1n) is 0.730. The maximum absolute atomic E-state index is 8.55. The summed E-state index contributed by atoms with van der Waals surface area (Å²) in [6.07, 6.45) is 0. The van der Waals surface area contributed by atoms with Crippen molar-refractivity contribution in [3.05, 3.63) is 0 Å². The summed E-state index contributed by atoms with van der Waals surface area (Å²) in [5.41, 5.74) is 0. The minimum absolute atomic E-state index is 0. The fraction of sp³-hybridized carbons (Fsp3) is 0. The molecular formula is H2CdO4P+. The summed E-state index contributed by atoms with van der Waals surface area (Å²) in [7, 11) is -5.39. The monoisotopic (exact) mass is 211 g/mol. The molecule has 0 aliphatic carbocycles. The molecule has 6 heteroatoms. The molecule has 0 unspecified atom stereocenters. The first kappa shape index (κ1) is 10.1. The van der Waals surface area contributed by atoms with Gasteiger partial charge in [-0.1, -0.05) is 0 Å². The fourth-order valence-electron chi connectivity index (χ4n) is 0. The molecule has 0 amide bonds. The molecule has 0 rings (SSSR count). The summed E-state index contributed by atoms with van der Waals surface area (Å²) in [6, 6.07) is 0. The maximum atomic E-state index is 8.55. The topological polar surface area (TPSA) is 86.2 Å². The predicted molar refractivity (Wildman–Crippen MR) is 9.83 cm³/mol. The van der Waals surface area contributed by atoms with Gasteiger partial charge in [0.2, 0.25) is 0 Å². The molecule has 32 valence electrons. The van der Waals surface area contributed by atoms with Gasteiger partial charge in [-0.05, 0) is 0 Å². The van der Waals surface area contributed by atoms with Gasteiger partial charge in [0.1, 0.15) is 0 Å². The molecule has 0 aromatic heterocycles. The van der Waals surface area contributed by atoms with Gasteiger partial charge in [0.15, 0.2) is 0 Å². The normalized spacial score (nSPS) is 9.83. The van der Waals surface area contributed by atoms with Crippen molar-refractivity contribution in [2.24, 2.45) is 0 Å². The summed E-state index contributed by atoms with van der Waals surface area (Å²) in [5.74, 6) is 0. The van der Waals surface area contributed by atoms with Gasteiger partial charge in [0.05, 0.1) is 0 Å². The summed E-state index contributed by atoms with van der Waals surface area (Å²) >= 11 is 0. The van der Waals surface area contributed by atoms with E-state index in [0.717, 1.165) is 0 Å². The van der Waals surface area contributed by atoms with Crippen molar-refractivity contribution in [1.29, 1.82) is 0 Å². The van der Waals surface area contributed by atoms with Gasteiger partial charge in [-0.3, -0.25) is 0 Å². The maximum Gasteiger partial charge on any atom is 2.00 e. The third-order valence-corrected chi connectivity index (χ3v) is 0. The molecule has 0 saturated carbocycles. The molecule has 0 aromatic rings. The Morgan fingerprint density at radius 2 is 1.33 bits per heavy atom. The zero-order valence-corrected chi connectivity index (χ0v) is 7.72. The third kappa shape index (κ3) is 76.8. The van der Waals surface area contributed by atoms with Crippen molar-refractivity contribution in [1.82, 2.24) is 0 Å². The van der Waals surface area contributed by atoms with Crippen molar-refractivity contribution in [2.45, 2.75) is 0 Å². The minimum Gasteiger partial charge on any atom is -0.822 e. The van der Waals surface area contributed by atoms with E-state index >= 15 is 0 Å². The molecule has 0 saturated heterocycles. The van der Waals surface area contributed by atoms with E-state index in [1.165, 1.54) is 0 Å². The van der Waals surface area contributed by atoms with Gasteiger partial charge in [-0.15, -0.1) is 0 Å². The second kappa shape index (κ2) is 3.09. The summed E-state index contributed by atoms with van der Waals surface area (Å²) in [4.78, 5) is 25.6. The van der Waals surface area contributed by atoms with Crippen molar-refractivity contribution in [3.8, 4) is 0 Å². The Hall–Kier alpha value is 1.03. The number of rotatable bonds is 0. The number of phosphoric acid groups is 1. The van der Waals surface area contributed by atoms with Gasteiger partial charge in [0, 0.05) is 0 Å². The van der Waals surface area contributed by atoms with E-state index in [2.05, 4.69) is 0 Å². The molecule has 4 nitrogen and oxygen atoms in total. The van der Waals surface area contributed by atoms with Crippen LogP contribution >= 0.6 is 7.82 Å². The van der Waals surface area contributed by atoms with Crippen LogP contribution in [0.5, 0.6) is 0 Å². The second-order valence-electron chi connectivity index (χ2n) is 0.447. The molecule has 0 N–H and O–H groups in total. The number of hydrogen-bond acceptors (Lipinski definition) is 4. The predicted octanol–water partition coefficient (Wildman–Crippen LogP) is -2.60. The van der Waals surface area contributed by atoms with Gasteiger partial charge in [0.25, 0.3) is 0 Å². The summed E-state index contributed by atoms with van der Waals surface area (Å²) in [6.45, 7) is 0. The van der Waals surface area contributed by atoms with Crippen LogP contribution in [0.4, 0.5) is 0 Å². The first-order valence-corrected chi connectivity index (χ1v) is 2.19. The van der Waals surface area contributed by atoms with E-state index in [4.69, 9.17) is 19.2 Å². The molecule has 0 spiro atoms. The number of hydrogen-bond donors (Lipinski definition) is 0. The van der Waals surface area contributed by atoms with Crippen LogP contribution in [-0.4, -0.2) is 0 Å². The Labute approximate surface area is 57.6 Å². The Balaban J connectivity index is -0.0000000267. The van der Waals surface area contributed by atoms with Crippen LogP contribution in [0, 0.1) is 0 Å². The van der Waals surface area contributed by atoms with Gasteiger partial charge in [-0.25, -0.2) is 0 Å². The van der Waals surface area contributed by atoms with Gasteiger partial charge < -0.3 is 19.2 Å². The van der Waals surface area contributed by atoms with E-state index < -0.39 is 7.82 Å². The van der Waals surface area contributed by atoms with E-state index in [0.29, 0.717) is 0 Å². The molecule has 0 aliphatic heterocycles. The minimum atomic E-state index is -5.39. The van der Waals surface area contributed by atoms with Crippen molar-refractivity contribution >= 4 is 7.82 Å². The molecule has 0 radical (unpaired) electrons. The fourth-order valence-corrected chi connectivity index (χ4v) is 0. The molecule has 0 aliphatic rings. The molecule has 0 heterocycles. The van der Waals surface area contributed by atoms with Crippen LogP contribution in [0.2, 0.25) is 0 Å². The molecule has 6 heavy (non-hydrogen) atoms. The molecule has 0 aromatic carbocycles. The van der Waals surface area contributed by atoms with E-state index in [1.54, 1.807) is 0 Å². The van der Waals surface area contributed by atoms with E-state index in [-0.39, 0.29) is 30.2 Å². The molecule has 0 bridgehead atoms.